The Morgan fingerprint density at radius 1 is 1.62 bits per heavy atom. The lowest BCUT2D eigenvalue weighted by Crippen LogP contribution is -2.25. The van der Waals surface area contributed by atoms with Crippen molar-refractivity contribution in [3.05, 3.63) is 10.7 Å². The van der Waals surface area contributed by atoms with E-state index < -0.39 is 0 Å². The molecule has 0 radical (unpaired) electrons. The van der Waals surface area contributed by atoms with Crippen LogP contribution in [0.4, 0.5) is 5.00 Å². The first kappa shape index (κ1) is 10.3. The van der Waals surface area contributed by atoms with E-state index in [0.717, 1.165) is 5.00 Å². The summed E-state index contributed by atoms with van der Waals surface area (Å²) in [4.78, 5) is 1.99. The maximum atomic E-state index is 8.82. The Morgan fingerprint density at radius 2 is 2.23 bits per heavy atom. The smallest absolute Gasteiger partial charge is 0.162 e. The van der Waals surface area contributed by atoms with Gasteiger partial charge in [0.05, 0.1) is 0 Å². The molecule has 1 aromatic rings. The zero-order chi connectivity index (χ0) is 10.0. The van der Waals surface area contributed by atoms with Gasteiger partial charge in [0.1, 0.15) is 16.6 Å². The molecule has 0 aromatic carbocycles. The number of hydrogen-bond donors (Lipinski definition) is 0. The predicted molar refractivity (Wildman–Crippen MR) is 55.4 cm³/mol. The molecule has 0 saturated heterocycles. The Labute approximate surface area is 86.7 Å². The Kier molecular flexibility index (Phi) is 3.12. The first-order valence-electron chi connectivity index (χ1n) is 3.86. The molecule has 1 rings (SSSR count). The van der Waals surface area contributed by atoms with Crippen LogP contribution < -0.4 is 4.90 Å². The number of nitriles is 1. The van der Waals surface area contributed by atoms with Crippen LogP contribution in [0, 0.1) is 11.3 Å². The van der Waals surface area contributed by atoms with Gasteiger partial charge in [-0.15, -0.1) is 0 Å². The number of hydrogen-bond acceptors (Lipinski definition) is 4. The number of anilines is 1. The van der Waals surface area contributed by atoms with Crippen LogP contribution in [0.1, 0.15) is 19.4 Å². The molecule has 0 amide bonds. The highest BCUT2D eigenvalue weighted by Crippen LogP contribution is 2.31. The third kappa shape index (κ3) is 1.93. The summed E-state index contributed by atoms with van der Waals surface area (Å²) in [6, 6.07) is 2.39. The quantitative estimate of drug-likeness (QED) is 0.761. The number of nitrogens with zero attached hydrogens (tertiary/aromatic N) is 3. The highest BCUT2D eigenvalue weighted by molar-refractivity contribution is 7.10. The monoisotopic (exact) mass is 215 g/mol. The Hall–Kier alpha value is -0.790. The van der Waals surface area contributed by atoms with Crippen molar-refractivity contribution in [2.75, 3.05) is 11.9 Å². The van der Waals surface area contributed by atoms with Gasteiger partial charge >= 0.3 is 0 Å². The van der Waals surface area contributed by atoms with Gasteiger partial charge in [0.15, 0.2) is 5.15 Å². The lowest BCUT2D eigenvalue weighted by molar-refractivity contribution is 0.760. The first-order chi connectivity index (χ1) is 6.07. The van der Waals surface area contributed by atoms with Gasteiger partial charge in [-0.1, -0.05) is 11.6 Å². The third-order valence-electron chi connectivity index (χ3n) is 1.84. The van der Waals surface area contributed by atoms with Gasteiger partial charge in [-0.3, -0.25) is 0 Å². The fourth-order valence-corrected chi connectivity index (χ4v) is 1.95. The van der Waals surface area contributed by atoms with Crippen molar-refractivity contribution in [3.63, 3.8) is 0 Å². The van der Waals surface area contributed by atoms with Crippen LogP contribution in [-0.2, 0) is 0 Å². The Bertz CT molecular complexity index is 340. The predicted octanol–water partition coefficient (Wildman–Crippen LogP) is 2.51. The standard InChI is InChI=1S/C8H10ClN3S/c1-5(2)12(3)8-6(4-10)7(9)11-13-8/h5H,1-3H3. The fraction of sp³-hybridized carbons (Fsp3) is 0.500. The average Bonchev–Trinajstić information content (AvgIpc) is 2.45. The van der Waals surface area contributed by atoms with Gasteiger partial charge in [-0.25, -0.2) is 0 Å². The van der Waals surface area contributed by atoms with Gasteiger partial charge in [0.25, 0.3) is 0 Å². The summed E-state index contributed by atoms with van der Waals surface area (Å²) in [5, 5.41) is 9.96. The zero-order valence-electron chi connectivity index (χ0n) is 7.71. The number of aromatic nitrogens is 1. The van der Waals surface area contributed by atoms with E-state index in [1.165, 1.54) is 11.5 Å². The van der Waals surface area contributed by atoms with Crippen molar-refractivity contribution in [2.45, 2.75) is 19.9 Å². The highest BCUT2D eigenvalue weighted by atomic mass is 35.5. The molecule has 5 heteroatoms. The van der Waals surface area contributed by atoms with Crippen molar-refractivity contribution in [3.8, 4) is 6.07 Å². The molecular weight excluding hydrogens is 206 g/mol. The summed E-state index contributed by atoms with van der Waals surface area (Å²) in [5.74, 6) is 0. The normalized spacial score (nSPS) is 10.2. The van der Waals surface area contributed by atoms with E-state index in [-0.39, 0.29) is 0 Å². The zero-order valence-corrected chi connectivity index (χ0v) is 9.28. The molecule has 1 aromatic heterocycles. The molecule has 3 nitrogen and oxygen atoms in total. The summed E-state index contributed by atoms with van der Waals surface area (Å²) in [6.45, 7) is 4.10. The minimum atomic E-state index is 0.301. The Balaban J connectivity index is 3.09. The number of halogens is 1. The van der Waals surface area contributed by atoms with Crippen molar-refractivity contribution in [1.29, 1.82) is 5.26 Å². The van der Waals surface area contributed by atoms with Crippen LogP contribution in [0.25, 0.3) is 0 Å². The van der Waals surface area contributed by atoms with Crippen molar-refractivity contribution < 1.29 is 0 Å². The molecule has 0 spiro atoms. The van der Waals surface area contributed by atoms with Gasteiger partial charge in [-0.2, -0.15) is 9.64 Å². The summed E-state index contributed by atoms with van der Waals surface area (Å²) in [7, 11) is 1.93. The highest BCUT2D eigenvalue weighted by Gasteiger charge is 2.16. The van der Waals surface area contributed by atoms with Crippen LogP contribution in [-0.4, -0.2) is 17.5 Å². The van der Waals surface area contributed by atoms with E-state index in [1.54, 1.807) is 0 Å². The maximum absolute atomic E-state index is 8.82. The molecule has 0 saturated carbocycles. The van der Waals surface area contributed by atoms with Crippen LogP contribution in [0.5, 0.6) is 0 Å². The van der Waals surface area contributed by atoms with Crippen LogP contribution in [0.15, 0.2) is 0 Å². The molecule has 1 heterocycles. The topological polar surface area (TPSA) is 39.9 Å². The molecule has 0 unspecified atom stereocenters. The van der Waals surface area contributed by atoms with E-state index >= 15 is 0 Å². The maximum Gasteiger partial charge on any atom is 0.162 e. The lowest BCUT2D eigenvalue weighted by Gasteiger charge is -2.21. The van der Waals surface area contributed by atoms with Crippen LogP contribution in [0.2, 0.25) is 5.15 Å². The van der Waals surface area contributed by atoms with Gasteiger partial charge < -0.3 is 4.90 Å². The summed E-state index contributed by atoms with van der Waals surface area (Å²) in [5.41, 5.74) is 0.475. The molecule has 0 N–H and O–H groups in total. The van der Waals surface area contributed by atoms with Crippen LogP contribution in [0.3, 0.4) is 0 Å². The minimum absolute atomic E-state index is 0.301. The SMILES string of the molecule is CC(C)N(C)c1snc(Cl)c1C#N. The minimum Gasteiger partial charge on any atom is -0.362 e. The molecule has 70 valence electrons. The molecule has 0 fully saturated rings. The molecule has 0 aliphatic carbocycles. The molecule has 0 bridgehead atoms. The van der Waals surface area contributed by atoms with E-state index in [2.05, 4.69) is 24.3 Å². The van der Waals surface area contributed by atoms with Crippen LogP contribution >= 0.6 is 23.1 Å². The van der Waals surface area contributed by atoms with Gasteiger partial charge in [-0.05, 0) is 25.4 Å². The second-order valence-electron chi connectivity index (χ2n) is 2.97. The average molecular weight is 216 g/mol. The lowest BCUT2D eigenvalue weighted by atomic mass is 10.3. The third-order valence-corrected chi connectivity index (χ3v) is 3.15. The Morgan fingerprint density at radius 3 is 2.69 bits per heavy atom. The second kappa shape index (κ2) is 3.95. The van der Waals surface area contributed by atoms with E-state index in [9.17, 15) is 0 Å². The summed E-state index contributed by atoms with van der Waals surface area (Å²) >= 11 is 7.00. The van der Waals surface area contributed by atoms with Gasteiger partial charge in [0.2, 0.25) is 0 Å². The van der Waals surface area contributed by atoms with E-state index in [4.69, 9.17) is 16.9 Å². The molecule has 0 aliphatic heterocycles. The van der Waals surface area contributed by atoms with Gasteiger partial charge in [0, 0.05) is 13.1 Å². The molecule has 13 heavy (non-hydrogen) atoms. The first-order valence-corrected chi connectivity index (χ1v) is 5.01. The molecule has 0 atom stereocenters. The van der Waals surface area contributed by atoms with Crippen molar-refractivity contribution in [2.24, 2.45) is 0 Å². The largest absolute Gasteiger partial charge is 0.362 e. The fourth-order valence-electron chi connectivity index (χ4n) is 0.832. The van der Waals surface area contributed by atoms with E-state index in [1.807, 2.05) is 11.9 Å². The van der Waals surface area contributed by atoms with E-state index in [0.29, 0.717) is 16.8 Å². The van der Waals surface area contributed by atoms with Crippen molar-refractivity contribution in [1.82, 2.24) is 4.37 Å². The summed E-state index contributed by atoms with van der Waals surface area (Å²) in [6.07, 6.45) is 0. The summed E-state index contributed by atoms with van der Waals surface area (Å²) < 4.78 is 3.93. The molecular formula is C8H10ClN3S. The van der Waals surface area contributed by atoms with Crippen molar-refractivity contribution >= 4 is 28.1 Å². The molecule has 0 aliphatic rings. The second-order valence-corrected chi connectivity index (χ2v) is 4.08. The number of rotatable bonds is 2.